The first-order chi connectivity index (χ1) is 24.3. The second-order valence-electron chi connectivity index (χ2n) is 12.4. The first kappa shape index (κ1) is 27.1. The number of hydrogen-bond acceptors (Lipinski definition) is 2. The van der Waals surface area contributed by atoms with Gasteiger partial charge in [-0.2, -0.15) is 10.5 Å². The molecule has 0 amide bonds. The Morgan fingerprint density at radius 2 is 0.898 bits per heavy atom. The third-order valence-electron chi connectivity index (χ3n) is 9.88. The van der Waals surface area contributed by atoms with E-state index in [0.29, 0.717) is 11.1 Å². The highest BCUT2D eigenvalue weighted by Crippen LogP contribution is 2.46. The van der Waals surface area contributed by atoms with Crippen LogP contribution >= 0.6 is 0 Å². The Labute approximate surface area is 280 Å². The Balaban J connectivity index is 1.49. The summed E-state index contributed by atoms with van der Waals surface area (Å²) in [7, 11) is 0. The molecule has 49 heavy (non-hydrogen) atoms. The summed E-state index contributed by atoms with van der Waals surface area (Å²) >= 11 is 0. The Kier molecular flexibility index (Phi) is 5.64. The van der Waals surface area contributed by atoms with Crippen molar-refractivity contribution in [3.63, 3.8) is 0 Å². The Morgan fingerprint density at radius 3 is 1.55 bits per heavy atom. The van der Waals surface area contributed by atoms with Gasteiger partial charge in [-0.05, 0) is 72.8 Å². The fourth-order valence-electron chi connectivity index (χ4n) is 7.93. The standard InChI is InChI=1S/C44H25N5/c45-26-28-18-20-32(21-19-28)49-43-33(22-24-38-40(43)35-15-7-8-17-37(35)47(38)30-11-3-1-4-12-30)34-23-25-39-41(44(34)49)36-16-9-10-29(27-46)42(36)48(39)31-13-5-2-6-14-31/h1-25H. The minimum atomic E-state index is 0.611. The molecular weight excluding hydrogens is 599 g/mol. The topological polar surface area (TPSA) is 62.4 Å². The van der Waals surface area contributed by atoms with Crippen LogP contribution in [0.2, 0.25) is 0 Å². The average molecular weight is 624 g/mol. The number of para-hydroxylation sites is 4. The highest BCUT2D eigenvalue weighted by molar-refractivity contribution is 6.31. The van der Waals surface area contributed by atoms with Gasteiger partial charge in [0.15, 0.2) is 0 Å². The molecule has 0 radical (unpaired) electrons. The minimum absolute atomic E-state index is 0.611. The molecule has 5 nitrogen and oxygen atoms in total. The lowest BCUT2D eigenvalue weighted by Gasteiger charge is -2.11. The van der Waals surface area contributed by atoms with E-state index in [1.165, 1.54) is 5.39 Å². The normalized spacial score (nSPS) is 11.6. The molecular formula is C44H25N5. The van der Waals surface area contributed by atoms with Crippen LogP contribution in [0.1, 0.15) is 11.1 Å². The van der Waals surface area contributed by atoms with Crippen molar-refractivity contribution in [1.29, 1.82) is 10.5 Å². The van der Waals surface area contributed by atoms with Gasteiger partial charge >= 0.3 is 0 Å². The Morgan fingerprint density at radius 1 is 0.347 bits per heavy atom. The third-order valence-corrected chi connectivity index (χ3v) is 9.88. The van der Waals surface area contributed by atoms with Crippen LogP contribution in [0.15, 0.2) is 152 Å². The molecule has 3 aromatic heterocycles. The van der Waals surface area contributed by atoms with Crippen LogP contribution in [-0.4, -0.2) is 13.7 Å². The van der Waals surface area contributed by atoms with Gasteiger partial charge in [-0.1, -0.05) is 78.9 Å². The summed E-state index contributed by atoms with van der Waals surface area (Å²) < 4.78 is 6.95. The average Bonchev–Trinajstić information content (AvgIpc) is 3.81. The summed E-state index contributed by atoms with van der Waals surface area (Å²) in [5.74, 6) is 0. The molecule has 0 aliphatic carbocycles. The van der Waals surface area contributed by atoms with Gasteiger partial charge in [-0.3, -0.25) is 0 Å². The molecule has 0 N–H and O–H groups in total. The molecule has 10 rings (SSSR count). The van der Waals surface area contributed by atoms with Gasteiger partial charge in [-0.15, -0.1) is 0 Å². The monoisotopic (exact) mass is 623 g/mol. The first-order valence-corrected chi connectivity index (χ1v) is 16.2. The van der Waals surface area contributed by atoms with E-state index >= 15 is 0 Å². The molecule has 226 valence electrons. The fourth-order valence-corrected chi connectivity index (χ4v) is 7.93. The summed E-state index contributed by atoms with van der Waals surface area (Å²) in [5.41, 5.74) is 10.6. The van der Waals surface area contributed by atoms with Crippen LogP contribution in [-0.2, 0) is 0 Å². The molecule has 0 saturated carbocycles. The van der Waals surface area contributed by atoms with Crippen LogP contribution in [0, 0.1) is 22.7 Å². The lowest BCUT2D eigenvalue weighted by Crippen LogP contribution is -1.96. The second kappa shape index (κ2) is 10.2. The third kappa shape index (κ3) is 3.67. The lowest BCUT2D eigenvalue weighted by molar-refractivity contribution is 1.17. The molecule has 0 aliphatic rings. The van der Waals surface area contributed by atoms with Crippen molar-refractivity contribution in [2.24, 2.45) is 0 Å². The zero-order chi connectivity index (χ0) is 32.6. The highest BCUT2D eigenvalue weighted by Gasteiger charge is 2.25. The summed E-state index contributed by atoms with van der Waals surface area (Å²) in [4.78, 5) is 0. The zero-order valence-electron chi connectivity index (χ0n) is 26.2. The van der Waals surface area contributed by atoms with Crippen molar-refractivity contribution in [3.8, 4) is 29.2 Å². The number of nitriles is 2. The maximum absolute atomic E-state index is 10.4. The smallest absolute Gasteiger partial charge is 0.101 e. The van der Waals surface area contributed by atoms with Crippen LogP contribution in [0.4, 0.5) is 0 Å². The predicted octanol–water partition coefficient (Wildman–Crippen LogP) is 10.7. The molecule has 0 atom stereocenters. The summed E-state index contributed by atoms with van der Waals surface area (Å²) in [6.07, 6.45) is 0. The molecule has 5 heteroatoms. The molecule has 3 heterocycles. The number of fused-ring (bicyclic) bond motifs is 11. The van der Waals surface area contributed by atoms with E-state index in [2.05, 4.69) is 117 Å². The number of aromatic nitrogens is 3. The molecule has 7 aromatic carbocycles. The lowest BCUT2D eigenvalue weighted by atomic mass is 10.1. The number of nitrogens with zero attached hydrogens (tertiary/aromatic N) is 5. The van der Waals surface area contributed by atoms with Crippen LogP contribution < -0.4 is 0 Å². The fraction of sp³-hybridized carbons (Fsp3) is 0. The van der Waals surface area contributed by atoms with E-state index in [1.807, 2.05) is 60.7 Å². The molecule has 0 unspecified atom stereocenters. The van der Waals surface area contributed by atoms with Crippen LogP contribution in [0.5, 0.6) is 0 Å². The number of hydrogen-bond donors (Lipinski definition) is 0. The Bertz CT molecular complexity index is 3040. The van der Waals surface area contributed by atoms with Crippen molar-refractivity contribution < 1.29 is 0 Å². The highest BCUT2D eigenvalue weighted by atomic mass is 15.0. The van der Waals surface area contributed by atoms with Crippen molar-refractivity contribution in [3.05, 3.63) is 163 Å². The molecule has 10 aromatic rings. The number of benzene rings is 7. The molecule has 0 saturated heterocycles. The van der Waals surface area contributed by atoms with E-state index in [4.69, 9.17) is 0 Å². The van der Waals surface area contributed by atoms with E-state index in [1.54, 1.807) is 0 Å². The Hall–Kier alpha value is -7.08. The minimum Gasteiger partial charge on any atom is -0.309 e. The SMILES string of the molecule is N#Cc1ccc(-n2c3c(ccc4c3c3ccccc3n4-c3ccccc3)c3ccc4c(c5cccc(C#N)c5n4-c4ccccc4)c32)cc1. The van der Waals surface area contributed by atoms with Gasteiger partial charge in [0.05, 0.1) is 50.3 Å². The molecule has 0 spiro atoms. The maximum Gasteiger partial charge on any atom is 0.101 e. The van der Waals surface area contributed by atoms with E-state index in [9.17, 15) is 10.5 Å². The van der Waals surface area contributed by atoms with E-state index in [-0.39, 0.29) is 0 Å². The zero-order valence-corrected chi connectivity index (χ0v) is 26.2. The summed E-state index contributed by atoms with van der Waals surface area (Å²) in [6.45, 7) is 0. The van der Waals surface area contributed by atoms with Gasteiger partial charge in [0.1, 0.15) is 6.07 Å². The van der Waals surface area contributed by atoms with Crippen LogP contribution in [0.3, 0.4) is 0 Å². The van der Waals surface area contributed by atoms with Gasteiger partial charge in [0.2, 0.25) is 0 Å². The quantitative estimate of drug-likeness (QED) is 0.197. The van der Waals surface area contributed by atoms with Crippen molar-refractivity contribution in [2.75, 3.05) is 0 Å². The van der Waals surface area contributed by atoms with E-state index < -0.39 is 0 Å². The first-order valence-electron chi connectivity index (χ1n) is 16.2. The predicted molar refractivity (Wildman–Crippen MR) is 199 cm³/mol. The molecule has 0 fully saturated rings. The van der Waals surface area contributed by atoms with E-state index in [0.717, 1.165) is 77.1 Å². The van der Waals surface area contributed by atoms with Gasteiger partial charge < -0.3 is 13.7 Å². The number of rotatable bonds is 3. The largest absolute Gasteiger partial charge is 0.309 e. The second-order valence-corrected chi connectivity index (χ2v) is 12.4. The van der Waals surface area contributed by atoms with Crippen molar-refractivity contribution >= 4 is 65.4 Å². The van der Waals surface area contributed by atoms with Crippen molar-refractivity contribution in [1.82, 2.24) is 13.7 Å². The van der Waals surface area contributed by atoms with Crippen LogP contribution in [0.25, 0.3) is 82.5 Å². The maximum atomic E-state index is 10.4. The van der Waals surface area contributed by atoms with Gasteiger partial charge in [-0.25, -0.2) is 0 Å². The molecule has 0 bridgehead atoms. The molecule has 0 aliphatic heterocycles. The summed E-state index contributed by atoms with van der Waals surface area (Å²) in [6, 6.07) is 57.0. The van der Waals surface area contributed by atoms with Gasteiger partial charge in [0, 0.05) is 49.4 Å². The van der Waals surface area contributed by atoms with Crippen molar-refractivity contribution in [2.45, 2.75) is 0 Å². The summed E-state index contributed by atoms with van der Waals surface area (Å²) in [5, 5.41) is 26.8. The van der Waals surface area contributed by atoms with Gasteiger partial charge in [0.25, 0.3) is 0 Å².